The van der Waals surface area contributed by atoms with Gasteiger partial charge in [-0.3, -0.25) is 0 Å². The second-order valence-corrected chi connectivity index (χ2v) is 5.87. The number of methoxy groups -OCH3 is 1. The van der Waals surface area contributed by atoms with Gasteiger partial charge in [0.15, 0.2) is 0 Å². The van der Waals surface area contributed by atoms with Crippen LogP contribution < -0.4 is 4.74 Å². The molecule has 0 radical (unpaired) electrons. The van der Waals surface area contributed by atoms with Crippen molar-refractivity contribution in [2.45, 2.75) is 37.1 Å². The summed E-state index contributed by atoms with van der Waals surface area (Å²) in [5.41, 5.74) is 0.673. The quantitative estimate of drug-likeness (QED) is 0.866. The number of benzene rings is 1. The van der Waals surface area contributed by atoms with Crippen LogP contribution in [-0.4, -0.2) is 23.9 Å². The second-order valence-electron chi connectivity index (χ2n) is 4.95. The number of hydrogen-bond acceptors (Lipinski definition) is 3. The molecule has 1 atom stereocenters. The number of rotatable bonds is 1. The van der Waals surface area contributed by atoms with Crippen molar-refractivity contribution in [2.24, 2.45) is 0 Å². The molecule has 1 heterocycles. The van der Waals surface area contributed by atoms with Gasteiger partial charge in [-0.1, -0.05) is 15.9 Å². The maximum Gasteiger partial charge on any atom is 0.126 e. The highest BCUT2D eigenvalue weighted by atomic mass is 79.9. The summed E-state index contributed by atoms with van der Waals surface area (Å²) in [4.78, 5) is 0. The van der Waals surface area contributed by atoms with Gasteiger partial charge in [0, 0.05) is 36.4 Å². The monoisotopic (exact) mass is 298 g/mol. The van der Waals surface area contributed by atoms with E-state index < -0.39 is 6.10 Å². The first-order chi connectivity index (χ1) is 8.12. The van der Waals surface area contributed by atoms with Gasteiger partial charge in [0.2, 0.25) is 0 Å². The first kappa shape index (κ1) is 11.5. The fourth-order valence-corrected chi connectivity index (χ4v) is 3.18. The number of ether oxygens (including phenoxy) is 2. The van der Waals surface area contributed by atoms with Crippen molar-refractivity contribution in [1.82, 2.24) is 0 Å². The van der Waals surface area contributed by atoms with Crippen molar-refractivity contribution in [3.05, 3.63) is 28.2 Å². The number of halogens is 1. The molecule has 17 heavy (non-hydrogen) atoms. The van der Waals surface area contributed by atoms with Crippen molar-refractivity contribution >= 4 is 15.9 Å². The highest BCUT2D eigenvalue weighted by Gasteiger charge is 2.50. The Bertz CT molecular complexity index is 440. The van der Waals surface area contributed by atoms with E-state index in [2.05, 4.69) is 15.9 Å². The Morgan fingerprint density at radius 1 is 1.41 bits per heavy atom. The van der Waals surface area contributed by atoms with Crippen LogP contribution in [0.25, 0.3) is 0 Å². The lowest BCUT2D eigenvalue weighted by Crippen LogP contribution is -2.54. The molecule has 0 aromatic heterocycles. The van der Waals surface area contributed by atoms with Crippen LogP contribution in [0.4, 0.5) is 0 Å². The molecule has 0 amide bonds. The molecule has 3 rings (SSSR count). The van der Waals surface area contributed by atoms with Crippen LogP contribution in [0, 0.1) is 0 Å². The van der Waals surface area contributed by atoms with Gasteiger partial charge in [-0.15, -0.1) is 0 Å². The van der Waals surface area contributed by atoms with Crippen molar-refractivity contribution in [2.75, 3.05) is 7.11 Å². The zero-order valence-electron chi connectivity index (χ0n) is 9.65. The Morgan fingerprint density at radius 3 is 2.88 bits per heavy atom. The van der Waals surface area contributed by atoms with Gasteiger partial charge in [-0.25, -0.2) is 0 Å². The third-order valence-corrected chi connectivity index (χ3v) is 4.25. The summed E-state index contributed by atoms with van der Waals surface area (Å²) in [7, 11) is 1.72. The topological polar surface area (TPSA) is 38.7 Å². The highest BCUT2D eigenvalue weighted by molar-refractivity contribution is 9.10. The summed E-state index contributed by atoms with van der Waals surface area (Å²) in [6.07, 6.45) is 2.25. The highest BCUT2D eigenvalue weighted by Crippen LogP contribution is 2.49. The predicted molar refractivity (Wildman–Crippen MR) is 67.1 cm³/mol. The summed E-state index contributed by atoms with van der Waals surface area (Å²) in [6, 6.07) is 5.79. The largest absolute Gasteiger partial charge is 0.487 e. The molecule has 3 nitrogen and oxygen atoms in total. The summed E-state index contributed by atoms with van der Waals surface area (Å²) in [5, 5.41) is 10.2. The molecule has 1 aliphatic carbocycles. The third-order valence-electron chi connectivity index (χ3n) is 3.76. The molecule has 1 spiro atoms. The van der Waals surface area contributed by atoms with Crippen LogP contribution in [0.5, 0.6) is 5.75 Å². The SMILES string of the molecule is COC1CC2(C1)C[C@@H](O)c1cc(Br)ccc1O2. The molecule has 0 saturated heterocycles. The standard InChI is InChI=1S/C13H15BrO3/c1-16-9-5-13(6-9)7-11(15)10-4-8(14)2-3-12(10)17-13/h2-4,9,11,15H,5-7H2,1H3/t9?,11-,13?/m1/s1. The molecule has 4 heteroatoms. The van der Waals surface area contributed by atoms with Gasteiger partial charge in [-0.2, -0.15) is 0 Å². The molecule has 2 aliphatic rings. The number of fused-ring (bicyclic) bond motifs is 1. The summed E-state index contributed by atoms with van der Waals surface area (Å²) in [6.45, 7) is 0. The molecule has 1 N–H and O–H groups in total. The van der Waals surface area contributed by atoms with Crippen LogP contribution in [0.1, 0.15) is 30.9 Å². The Hall–Kier alpha value is -0.580. The fraction of sp³-hybridized carbons (Fsp3) is 0.538. The van der Waals surface area contributed by atoms with Crippen LogP contribution in [-0.2, 0) is 4.74 Å². The first-order valence-electron chi connectivity index (χ1n) is 5.81. The van der Waals surface area contributed by atoms with Crippen LogP contribution in [0.2, 0.25) is 0 Å². The molecule has 1 fully saturated rings. The van der Waals surface area contributed by atoms with Gasteiger partial charge in [0.05, 0.1) is 12.2 Å². The van der Waals surface area contributed by atoms with Crippen molar-refractivity contribution < 1.29 is 14.6 Å². The van der Waals surface area contributed by atoms with E-state index in [1.165, 1.54) is 0 Å². The fourth-order valence-electron chi connectivity index (χ4n) is 2.80. The Labute approximate surface area is 109 Å². The van der Waals surface area contributed by atoms with Crippen LogP contribution in [0.15, 0.2) is 22.7 Å². The lowest BCUT2D eigenvalue weighted by atomic mass is 9.71. The Kier molecular flexibility index (Phi) is 2.69. The first-order valence-corrected chi connectivity index (χ1v) is 6.60. The van der Waals surface area contributed by atoms with Gasteiger partial charge in [0.25, 0.3) is 0 Å². The minimum Gasteiger partial charge on any atom is -0.487 e. The van der Waals surface area contributed by atoms with E-state index in [1.54, 1.807) is 7.11 Å². The zero-order chi connectivity index (χ0) is 12.0. The van der Waals surface area contributed by atoms with E-state index in [0.717, 1.165) is 28.6 Å². The molecular weight excluding hydrogens is 284 g/mol. The lowest BCUT2D eigenvalue weighted by Gasteiger charge is -2.50. The maximum absolute atomic E-state index is 10.2. The van der Waals surface area contributed by atoms with Crippen molar-refractivity contribution in [1.29, 1.82) is 0 Å². The molecule has 0 bridgehead atoms. The number of aliphatic hydroxyl groups is 1. The smallest absolute Gasteiger partial charge is 0.126 e. The summed E-state index contributed by atoms with van der Waals surface area (Å²) in [5.74, 6) is 0.807. The van der Waals surface area contributed by atoms with Gasteiger partial charge in [-0.05, 0) is 18.2 Å². The average molecular weight is 299 g/mol. The van der Waals surface area contributed by atoms with E-state index in [-0.39, 0.29) is 11.7 Å². The molecule has 1 aromatic rings. The maximum atomic E-state index is 10.2. The van der Waals surface area contributed by atoms with Crippen LogP contribution in [0.3, 0.4) is 0 Å². The molecule has 0 unspecified atom stereocenters. The predicted octanol–water partition coefficient (Wildman–Crippen LogP) is 2.81. The zero-order valence-corrected chi connectivity index (χ0v) is 11.2. The summed E-state index contributed by atoms with van der Waals surface area (Å²) < 4.78 is 12.3. The van der Waals surface area contributed by atoms with Gasteiger partial charge >= 0.3 is 0 Å². The number of hydrogen-bond donors (Lipinski definition) is 1. The minimum absolute atomic E-state index is 0.207. The molecule has 1 saturated carbocycles. The molecule has 92 valence electrons. The normalized spacial score (nSPS) is 35.0. The average Bonchev–Trinajstić information content (AvgIpc) is 2.26. The molecule has 1 aliphatic heterocycles. The van der Waals surface area contributed by atoms with E-state index in [4.69, 9.17) is 9.47 Å². The van der Waals surface area contributed by atoms with E-state index in [1.807, 2.05) is 18.2 Å². The Morgan fingerprint density at radius 2 is 2.18 bits per heavy atom. The van der Waals surface area contributed by atoms with E-state index in [0.29, 0.717) is 6.42 Å². The van der Waals surface area contributed by atoms with Gasteiger partial charge in [0.1, 0.15) is 11.4 Å². The van der Waals surface area contributed by atoms with Crippen molar-refractivity contribution in [3.63, 3.8) is 0 Å². The number of aliphatic hydroxyl groups excluding tert-OH is 1. The summed E-state index contributed by atoms with van der Waals surface area (Å²) >= 11 is 3.41. The second kappa shape index (κ2) is 3.97. The minimum atomic E-state index is -0.436. The molecule has 1 aromatic carbocycles. The van der Waals surface area contributed by atoms with Crippen LogP contribution >= 0.6 is 15.9 Å². The Balaban J connectivity index is 1.87. The lowest BCUT2D eigenvalue weighted by molar-refractivity contribution is -0.139. The molecular formula is C13H15BrO3. The third kappa shape index (κ3) is 1.88. The van der Waals surface area contributed by atoms with Gasteiger partial charge < -0.3 is 14.6 Å². The van der Waals surface area contributed by atoms with Crippen molar-refractivity contribution in [3.8, 4) is 5.75 Å². The van der Waals surface area contributed by atoms with E-state index in [9.17, 15) is 5.11 Å². The van der Waals surface area contributed by atoms with E-state index >= 15 is 0 Å².